The second kappa shape index (κ2) is 5.69. The molecule has 86 valence electrons. The molecule has 0 amide bonds. The fourth-order valence-electron chi connectivity index (χ4n) is 1.12. The van der Waals surface area contributed by atoms with E-state index in [1.54, 1.807) is 24.3 Å². The van der Waals surface area contributed by atoms with Crippen molar-refractivity contribution >= 4 is 5.97 Å². The zero-order valence-electron chi connectivity index (χ0n) is 8.41. The highest BCUT2D eigenvalue weighted by molar-refractivity contribution is 5.71. The van der Waals surface area contributed by atoms with Gasteiger partial charge in [0.15, 0.2) is 0 Å². The average Bonchev–Trinajstić information content (AvgIpc) is 2.24. The zero-order valence-corrected chi connectivity index (χ0v) is 8.41. The molecule has 0 saturated heterocycles. The first kappa shape index (κ1) is 12.0. The lowest BCUT2D eigenvalue weighted by molar-refractivity contribution is -0.511. The van der Waals surface area contributed by atoms with Gasteiger partial charge in [0.2, 0.25) is 0 Å². The summed E-state index contributed by atoms with van der Waals surface area (Å²) in [7, 11) is 0. The smallest absolute Gasteiger partial charge is 0.379 e. The minimum absolute atomic E-state index is 0.00194. The summed E-state index contributed by atoms with van der Waals surface area (Å²) in [6.45, 7) is 0.00194. The number of carboxylic acids is 1. The maximum Gasteiger partial charge on any atom is 0.379 e. The van der Waals surface area contributed by atoms with E-state index in [1.165, 1.54) is 0 Å². The third kappa shape index (κ3) is 3.56. The largest absolute Gasteiger partial charge is 0.493 e. The van der Waals surface area contributed by atoms with Crippen molar-refractivity contribution in [3.63, 3.8) is 0 Å². The molecule has 0 aliphatic carbocycles. The predicted octanol–water partition coefficient (Wildman–Crippen LogP) is 1.19. The van der Waals surface area contributed by atoms with Gasteiger partial charge >= 0.3 is 12.0 Å². The van der Waals surface area contributed by atoms with Gasteiger partial charge in [0.1, 0.15) is 5.75 Å². The quantitative estimate of drug-likeness (QED) is 0.580. The van der Waals surface area contributed by atoms with Crippen molar-refractivity contribution in [2.45, 2.75) is 12.5 Å². The third-order valence-electron chi connectivity index (χ3n) is 1.94. The van der Waals surface area contributed by atoms with Crippen molar-refractivity contribution in [1.82, 2.24) is 0 Å². The van der Waals surface area contributed by atoms with Crippen LogP contribution in [0.5, 0.6) is 5.75 Å². The second-order valence-corrected chi connectivity index (χ2v) is 3.09. The number of hydrogen-bond donors (Lipinski definition) is 1. The van der Waals surface area contributed by atoms with E-state index in [2.05, 4.69) is 0 Å². The van der Waals surface area contributed by atoms with Crippen LogP contribution in [0.1, 0.15) is 6.42 Å². The average molecular weight is 225 g/mol. The van der Waals surface area contributed by atoms with Gasteiger partial charge in [0.25, 0.3) is 0 Å². The van der Waals surface area contributed by atoms with Crippen LogP contribution in [0.3, 0.4) is 0 Å². The normalized spacial score (nSPS) is 11.8. The number of benzene rings is 1. The molecule has 0 aliphatic heterocycles. The van der Waals surface area contributed by atoms with E-state index >= 15 is 0 Å². The SMILES string of the molecule is O=C(O)C(CCOc1ccccc1)[N+](=O)[O-]. The van der Waals surface area contributed by atoms with Gasteiger partial charge in [-0.2, -0.15) is 0 Å². The standard InChI is InChI=1S/C10H11NO5/c12-10(13)9(11(14)15)6-7-16-8-4-2-1-3-5-8/h1-5,9H,6-7H2,(H,12,13). The molecule has 0 aliphatic rings. The van der Waals surface area contributed by atoms with Gasteiger partial charge in [-0.05, 0) is 12.1 Å². The topological polar surface area (TPSA) is 89.7 Å². The molecule has 1 aromatic carbocycles. The van der Waals surface area contributed by atoms with Crippen LogP contribution in [-0.4, -0.2) is 28.6 Å². The van der Waals surface area contributed by atoms with Crippen LogP contribution >= 0.6 is 0 Å². The molecule has 1 rings (SSSR count). The van der Waals surface area contributed by atoms with Crippen molar-refractivity contribution in [1.29, 1.82) is 0 Å². The Morgan fingerprint density at radius 3 is 2.56 bits per heavy atom. The highest BCUT2D eigenvalue weighted by Crippen LogP contribution is 2.09. The maximum absolute atomic E-state index is 10.5. The van der Waals surface area contributed by atoms with Gasteiger partial charge in [-0.1, -0.05) is 18.2 Å². The fourth-order valence-corrected chi connectivity index (χ4v) is 1.12. The minimum atomic E-state index is -1.61. The molecule has 1 unspecified atom stereocenters. The van der Waals surface area contributed by atoms with Crippen LogP contribution < -0.4 is 4.74 Å². The van der Waals surface area contributed by atoms with Crippen molar-refractivity contribution in [2.75, 3.05) is 6.61 Å². The summed E-state index contributed by atoms with van der Waals surface area (Å²) in [6.07, 6.45) is -0.156. The molecule has 6 heteroatoms. The molecular weight excluding hydrogens is 214 g/mol. The Labute approximate surface area is 91.6 Å². The lowest BCUT2D eigenvalue weighted by atomic mass is 10.2. The molecule has 0 fully saturated rings. The van der Waals surface area contributed by atoms with E-state index in [1.807, 2.05) is 6.07 Å². The molecule has 16 heavy (non-hydrogen) atoms. The zero-order chi connectivity index (χ0) is 12.0. The third-order valence-corrected chi connectivity index (χ3v) is 1.94. The van der Waals surface area contributed by atoms with E-state index in [-0.39, 0.29) is 13.0 Å². The minimum Gasteiger partial charge on any atom is -0.493 e. The molecular formula is C10H11NO5. The lowest BCUT2D eigenvalue weighted by Crippen LogP contribution is -2.30. The van der Waals surface area contributed by atoms with Gasteiger partial charge < -0.3 is 9.84 Å². The van der Waals surface area contributed by atoms with Crippen LogP contribution in [0.25, 0.3) is 0 Å². The van der Waals surface area contributed by atoms with Crippen LogP contribution in [0, 0.1) is 10.1 Å². The van der Waals surface area contributed by atoms with Crippen molar-refractivity contribution in [2.24, 2.45) is 0 Å². The van der Waals surface area contributed by atoms with Gasteiger partial charge in [-0.15, -0.1) is 0 Å². The molecule has 0 spiro atoms. The highest BCUT2D eigenvalue weighted by atomic mass is 16.6. The number of carboxylic acid groups (broad SMARTS) is 1. The molecule has 1 atom stereocenters. The number of ether oxygens (including phenoxy) is 1. The van der Waals surface area contributed by atoms with E-state index in [0.29, 0.717) is 5.75 Å². The number of carbonyl (C=O) groups is 1. The van der Waals surface area contributed by atoms with Crippen molar-refractivity contribution in [3.05, 3.63) is 40.4 Å². The van der Waals surface area contributed by atoms with Crippen molar-refractivity contribution in [3.8, 4) is 5.75 Å². The van der Waals surface area contributed by atoms with Gasteiger partial charge in [-0.25, -0.2) is 4.79 Å². The monoisotopic (exact) mass is 225 g/mol. The molecule has 0 bridgehead atoms. The molecule has 0 aromatic heterocycles. The summed E-state index contributed by atoms with van der Waals surface area (Å²) in [5.41, 5.74) is 0. The van der Waals surface area contributed by atoms with Gasteiger partial charge in [0.05, 0.1) is 13.0 Å². The first-order valence-electron chi connectivity index (χ1n) is 4.65. The summed E-state index contributed by atoms with van der Waals surface area (Å²) >= 11 is 0. The number of rotatable bonds is 6. The summed E-state index contributed by atoms with van der Waals surface area (Å²) in [6, 6.07) is 7.12. The van der Waals surface area contributed by atoms with Crippen LogP contribution in [-0.2, 0) is 4.79 Å². The Morgan fingerprint density at radius 1 is 1.44 bits per heavy atom. The second-order valence-electron chi connectivity index (χ2n) is 3.09. The Morgan fingerprint density at radius 2 is 2.06 bits per heavy atom. The van der Waals surface area contributed by atoms with Crippen LogP contribution in [0.2, 0.25) is 0 Å². The van der Waals surface area contributed by atoms with Crippen molar-refractivity contribution < 1.29 is 19.6 Å². The summed E-state index contributed by atoms with van der Waals surface area (Å²) in [5.74, 6) is -0.878. The first-order chi connectivity index (χ1) is 7.61. The van der Waals surface area contributed by atoms with Gasteiger partial charge in [-0.3, -0.25) is 10.1 Å². The Balaban J connectivity index is 2.40. The maximum atomic E-state index is 10.5. The molecule has 0 saturated carbocycles. The Hall–Kier alpha value is -2.11. The number of nitrogens with zero attached hydrogens (tertiary/aromatic N) is 1. The number of hydrogen-bond acceptors (Lipinski definition) is 4. The summed E-state index contributed by atoms with van der Waals surface area (Å²) in [4.78, 5) is 20.0. The van der Waals surface area contributed by atoms with Crippen LogP contribution in [0.15, 0.2) is 30.3 Å². The lowest BCUT2D eigenvalue weighted by Gasteiger charge is -2.07. The predicted molar refractivity (Wildman–Crippen MR) is 55.0 cm³/mol. The molecule has 0 heterocycles. The Kier molecular flexibility index (Phi) is 4.26. The highest BCUT2D eigenvalue weighted by Gasteiger charge is 2.28. The first-order valence-corrected chi connectivity index (χ1v) is 4.65. The van der Waals surface area contributed by atoms with E-state index < -0.39 is 16.9 Å². The number of aliphatic carboxylic acids is 1. The molecule has 1 N–H and O–H groups in total. The fraction of sp³-hybridized carbons (Fsp3) is 0.300. The van der Waals surface area contributed by atoms with Gasteiger partial charge in [0, 0.05) is 4.92 Å². The Bertz CT molecular complexity index is 351. The number of para-hydroxylation sites is 1. The summed E-state index contributed by atoms with van der Waals surface area (Å²) < 4.78 is 5.17. The molecule has 6 nitrogen and oxygen atoms in total. The van der Waals surface area contributed by atoms with E-state index in [9.17, 15) is 14.9 Å². The number of nitro groups is 1. The van der Waals surface area contributed by atoms with Crippen LogP contribution in [0.4, 0.5) is 0 Å². The molecule has 1 aromatic rings. The molecule has 0 radical (unpaired) electrons. The van der Waals surface area contributed by atoms with E-state index in [0.717, 1.165) is 0 Å². The van der Waals surface area contributed by atoms with E-state index in [4.69, 9.17) is 9.84 Å². The summed E-state index contributed by atoms with van der Waals surface area (Å²) in [5, 5.41) is 18.9.